The van der Waals surface area contributed by atoms with Gasteiger partial charge in [-0.2, -0.15) is 0 Å². The molecule has 2 aromatic carbocycles. The van der Waals surface area contributed by atoms with E-state index in [0.29, 0.717) is 19.5 Å². The number of benzene rings is 2. The summed E-state index contributed by atoms with van der Waals surface area (Å²) in [6.45, 7) is 3.81. The fourth-order valence-electron chi connectivity index (χ4n) is 4.32. The summed E-state index contributed by atoms with van der Waals surface area (Å²) in [4.78, 5) is 26.7. The van der Waals surface area contributed by atoms with Crippen molar-refractivity contribution in [3.05, 3.63) is 71.8 Å². The first-order valence-electron chi connectivity index (χ1n) is 12.0. The Morgan fingerprint density at radius 3 is 2.03 bits per heavy atom. The van der Waals surface area contributed by atoms with Gasteiger partial charge in [-0.3, -0.25) is 4.79 Å². The number of urea groups is 1. The van der Waals surface area contributed by atoms with Crippen LogP contribution in [-0.4, -0.2) is 73.6 Å². The van der Waals surface area contributed by atoms with E-state index in [9.17, 15) is 35.1 Å². The Bertz CT molecular complexity index is 1020. The highest BCUT2D eigenvalue weighted by Gasteiger charge is 2.44. The number of rotatable bonds is 10. The summed E-state index contributed by atoms with van der Waals surface area (Å²) in [7, 11) is 0. The molecule has 4 unspecified atom stereocenters. The quantitative estimate of drug-likeness (QED) is 0.231. The molecule has 196 valence electrons. The summed E-state index contributed by atoms with van der Waals surface area (Å²) in [6.07, 6.45) is -1.24. The molecular formula is C26H35N3O7. The molecule has 1 aliphatic heterocycles. The van der Waals surface area contributed by atoms with Crippen LogP contribution in [0, 0.1) is 5.92 Å². The predicted molar refractivity (Wildman–Crippen MR) is 131 cm³/mol. The molecule has 1 heterocycles. The second-order valence-corrected chi connectivity index (χ2v) is 9.29. The highest BCUT2D eigenvalue weighted by atomic mass is 16.5. The van der Waals surface area contributed by atoms with Crippen LogP contribution < -0.4 is 10.6 Å². The summed E-state index contributed by atoms with van der Waals surface area (Å²) in [5.74, 6) is -6.85. The van der Waals surface area contributed by atoms with Gasteiger partial charge in [0.15, 0.2) is 5.79 Å². The van der Waals surface area contributed by atoms with E-state index in [0.717, 1.165) is 0 Å². The SMILES string of the molecule is CC(C(=O)NC(CC(O)C(C)C(O)(O)c1ccccc1)C(O)(O)c1ccccc1)N1CCCNC1=O. The van der Waals surface area contributed by atoms with Crippen molar-refractivity contribution in [2.24, 2.45) is 5.92 Å². The number of hydrogen-bond acceptors (Lipinski definition) is 7. The van der Waals surface area contributed by atoms with Gasteiger partial charge in [0.25, 0.3) is 0 Å². The second-order valence-electron chi connectivity index (χ2n) is 9.29. The van der Waals surface area contributed by atoms with Crippen LogP contribution in [0.3, 0.4) is 0 Å². The van der Waals surface area contributed by atoms with Gasteiger partial charge in [-0.05, 0) is 19.8 Å². The van der Waals surface area contributed by atoms with Crippen molar-refractivity contribution in [2.75, 3.05) is 13.1 Å². The Balaban J connectivity index is 1.85. The lowest BCUT2D eigenvalue weighted by Gasteiger charge is -2.39. The lowest BCUT2D eigenvalue weighted by atomic mass is 9.83. The summed E-state index contributed by atoms with van der Waals surface area (Å²) in [5, 5.41) is 59.9. The van der Waals surface area contributed by atoms with E-state index >= 15 is 0 Å². The maximum Gasteiger partial charge on any atom is 0.318 e. The molecule has 0 aliphatic carbocycles. The molecule has 4 atom stereocenters. The largest absolute Gasteiger partial charge is 0.393 e. The molecule has 1 saturated heterocycles. The number of carbonyl (C=O) groups excluding carboxylic acids is 2. The van der Waals surface area contributed by atoms with Gasteiger partial charge in [0.1, 0.15) is 6.04 Å². The zero-order chi connectivity index (χ0) is 26.5. The molecule has 2 aromatic rings. The van der Waals surface area contributed by atoms with Crippen molar-refractivity contribution in [1.82, 2.24) is 15.5 Å². The van der Waals surface area contributed by atoms with E-state index in [4.69, 9.17) is 0 Å². The van der Waals surface area contributed by atoms with E-state index in [1.54, 1.807) is 36.4 Å². The number of aliphatic hydroxyl groups excluding tert-OH is 1. The third-order valence-corrected chi connectivity index (χ3v) is 6.85. The summed E-state index contributed by atoms with van der Waals surface area (Å²) < 4.78 is 0. The molecule has 36 heavy (non-hydrogen) atoms. The van der Waals surface area contributed by atoms with Crippen LogP contribution in [-0.2, 0) is 16.4 Å². The van der Waals surface area contributed by atoms with Crippen molar-refractivity contribution in [1.29, 1.82) is 0 Å². The number of nitrogens with one attached hydrogen (secondary N) is 2. The summed E-state index contributed by atoms with van der Waals surface area (Å²) >= 11 is 0. The lowest BCUT2D eigenvalue weighted by molar-refractivity contribution is -0.235. The molecule has 3 rings (SSSR count). The molecule has 10 nitrogen and oxygen atoms in total. The molecule has 0 bridgehead atoms. The number of nitrogens with zero attached hydrogens (tertiary/aromatic N) is 1. The maximum atomic E-state index is 13.1. The number of carbonyl (C=O) groups is 2. The summed E-state index contributed by atoms with van der Waals surface area (Å²) in [6, 6.07) is 13.0. The van der Waals surface area contributed by atoms with Gasteiger partial charge < -0.3 is 41.1 Å². The highest BCUT2D eigenvalue weighted by molar-refractivity contribution is 5.87. The fraction of sp³-hybridized carbons (Fsp3) is 0.462. The van der Waals surface area contributed by atoms with Gasteiger partial charge in [0.2, 0.25) is 11.7 Å². The fourth-order valence-corrected chi connectivity index (χ4v) is 4.32. The van der Waals surface area contributed by atoms with E-state index in [2.05, 4.69) is 10.6 Å². The maximum absolute atomic E-state index is 13.1. The number of amides is 3. The van der Waals surface area contributed by atoms with Crippen molar-refractivity contribution in [3.63, 3.8) is 0 Å². The molecule has 0 saturated carbocycles. The monoisotopic (exact) mass is 501 g/mol. The summed E-state index contributed by atoms with van der Waals surface area (Å²) in [5.41, 5.74) is 0.227. The highest BCUT2D eigenvalue weighted by Crippen LogP contribution is 2.33. The normalized spacial score (nSPS) is 18.1. The van der Waals surface area contributed by atoms with Crippen molar-refractivity contribution in [3.8, 4) is 0 Å². The van der Waals surface area contributed by atoms with Crippen LogP contribution >= 0.6 is 0 Å². The third kappa shape index (κ3) is 6.03. The predicted octanol–water partition coefficient (Wildman–Crippen LogP) is 0.337. The first-order chi connectivity index (χ1) is 17.0. The van der Waals surface area contributed by atoms with Gasteiger partial charge in [-0.1, -0.05) is 67.6 Å². The number of hydrogen-bond donors (Lipinski definition) is 7. The van der Waals surface area contributed by atoms with Crippen LogP contribution in [0.5, 0.6) is 0 Å². The average molecular weight is 502 g/mol. The smallest absolute Gasteiger partial charge is 0.318 e. The Hall–Kier alpha value is -3.02. The van der Waals surface area contributed by atoms with Gasteiger partial charge in [-0.15, -0.1) is 0 Å². The molecule has 0 aromatic heterocycles. The Kier molecular flexibility index (Phi) is 8.70. The van der Waals surface area contributed by atoms with Crippen molar-refractivity contribution < 1.29 is 35.1 Å². The number of aliphatic hydroxyl groups is 5. The molecular weight excluding hydrogens is 466 g/mol. The first kappa shape index (κ1) is 27.6. The van der Waals surface area contributed by atoms with Crippen LogP contribution in [0.25, 0.3) is 0 Å². The minimum Gasteiger partial charge on any atom is -0.393 e. The molecule has 3 amide bonds. The van der Waals surface area contributed by atoms with Crippen LogP contribution in [0.2, 0.25) is 0 Å². The van der Waals surface area contributed by atoms with E-state index in [1.165, 1.54) is 43.0 Å². The molecule has 0 radical (unpaired) electrons. The van der Waals surface area contributed by atoms with Gasteiger partial charge >= 0.3 is 6.03 Å². The van der Waals surface area contributed by atoms with Gasteiger partial charge in [0, 0.05) is 30.1 Å². The van der Waals surface area contributed by atoms with Gasteiger partial charge in [-0.25, -0.2) is 4.79 Å². The first-order valence-corrected chi connectivity index (χ1v) is 12.0. The third-order valence-electron chi connectivity index (χ3n) is 6.85. The van der Waals surface area contributed by atoms with Crippen LogP contribution in [0.4, 0.5) is 4.79 Å². The molecule has 7 N–H and O–H groups in total. The van der Waals surface area contributed by atoms with Gasteiger partial charge in [0.05, 0.1) is 12.1 Å². The second kappa shape index (κ2) is 11.4. The molecule has 1 fully saturated rings. The minimum atomic E-state index is -2.61. The zero-order valence-corrected chi connectivity index (χ0v) is 20.4. The Labute approximate surface area is 210 Å². The standard InChI is InChI=1S/C26H35N3O7/c1-17(25(33,34)19-10-5-3-6-11-19)21(30)16-22(26(35,36)20-12-7-4-8-13-20)28-23(31)18(2)29-15-9-14-27-24(29)32/h3-8,10-13,17-18,21-22,30,33-36H,9,14-16H2,1-2H3,(H,27,32)(H,28,31). The van der Waals surface area contributed by atoms with E-state index in [1.807, 2.05) is 0 Å². The average Bonchev–Trinajstić information content (AvgIpc) is 2.88. The van der Waals surface area contributed by atoms with E-state index in [-0.39, 0.29) is 11.1 Å². The van der Waals surface area contributed by atoms with Crippen LogP contribution in [0.15, 0.2) is 60.7 Å². The molecule has 1 aliphatic rings. The minimum absolute atomic E-state index is 0.0702. The van der Waals surface area contributed by atoms with E-state index < -0.39 is 54.0 Å². The lowest BCUT2D eigenvalue weighted by Crippen LogP contribution is -2.59. The molecule has 0 spiro atoms. The van der Waals surface area contributed by atoms with Crippen molar-refractivity contribution >= 4 is 11.9 Å². The van der Waals surface area contributed by atoms with Crippen LogP contribution in [0.1, 0.15) is 37.8 Å². The zero-order valence-electron chi connectivity index (χ0n) is 20.4. The van der Waals surface area contributed by atoms with Crippen molar-refractivity contribution in [2.45, 2.75) is 56.5 Å². The molecule has 10 heteroatoms. The Morgan fingerprint density at radius 2 is 1.50 bits per heavy atom. The topological polar surface area (TPSA) is 163 Å². The Morgan fingerprint density at radius 1 is 0.972 bits per heavy atom.